The van der Waals surface area contributed by atoms with Gasteiger partial charge >= 0.3 is 0 Å². The molecule has 1 aromatic heterocycles. The molecule has 19 heavy (non-hydrogen) atoms. The fourth-order valence-corrected chi connectivity index (χ4v) is 2.31. The molecule has 0 aliphatic heterocycles. The van der Waals surface area contributed by atoms with E-state index >= 15 is 0 Å². The van der Waals surface area contributed by atoms with E-state index in [1.54, 1.807) is 11.8 Å². The highest BCUT2D eigenvalue weighted by Crippen LogP contribution is 2.28. The lowest BCUT2D eigenvalue weighted by molar-refractivity contribution is 0.425. The van der Waals surface area contributed by atoms with Crippen LogP contribution in [0.15, 0.2) is 22.7 Å². The zero-order valence-electron chi connectivity index (χ0n) is 11.7. The Morgan fingerprint density at radius 2 is 2.05 bits per heavy atom. The second-order valence-electron chi connectivity index (χ2n) is 5.49. The number of hydrogen-bond donors (Lipinski definition) is 1. The molecule has 0 spiro atoms. The fraction of sp³-hybridized carbons (Fsp3) is 0.429. The van der Waals surface area contributed by atoms with Crippen molar-refractivity contribution < 1.29 is 4.52 Å². The number of nitrogens with two attached hydrogens (primary N) is 1. The second-order valence-corrected chi connectivity index (χ2v) is 7.29. The lowest BCUT2D eigenvalue weighted by Gasteiger charge is -2.15. The van der Waals surface area contributed by atoms with E-state index in [1.807, 2.05) is 25.1 Å². The normalized spacial score (nSPS) is 11.8. The Morgan fingerprint density at radius 1 is 1.32 bits per heavy atom. The number of nitrogen functional groups attached to an aromatic ring is 1. The summed E-state index contributed by atoms with van der Waals surface area (Å²) in [5, 5.41) is 4.02. The van der Waals surface area contributed by atoms with Crippen LogP contribution in [0.4, 0.5) is 5.69 Å². The molecule has 0 fully saturated rings. The fourth-order valence-electron chi connectivity index (χ4n) is 1.63. The van der Waals surface area contributed by atoms with Crippen LogP contribution < -0.4 is 5.73 Å². The minimum absolute atomic E-state index is 0.192. The van der Waals surface area contributed by atoms with Crippen LogP contribution in [0.5, 0.6) is 0 Å². The first-order chi connectivity index (χ1) is 8.85. The first-order valence-corrected chi connectivity index (χ1v) is 7.17. The van der Waals surface area contributed by atoms with Crippen LogP contribution in [0.3, 0.4) is 0 Å². The molecule has 0 saturated carbocycles. The third kappa shape index (κ3) is 3.73. The Morgan fingerprint density at radius 3 is 2.68 bits per heavy atom. The van der Waals surface area contributed by atoms with E-state index in [9.17, 15) is 0 Å². The lowest BCUT2D eigenvalue weighted by Crippen LogP contribution is -2.07. The van der Waals surface area contributed by atoms with Crippen molar-refractivity contribution in [2.24, 2.45) is 0 Å². The summed E-state index contributed by atoms with van der Waals surface area (Å²) < 4.78 is 5.51. The zero-order valence-corrected chi connectivity index (χ0v) is 12.5. The molecule has 2 aromatic rings. The Balaban J connectivity index is 2.16. The van der Waals surface area contributed by atoms with Gasteiger partial charge in [-0.1, -0.05) is 25.9 Å². The van der Waals surface area contributed by atoms with Crippen molar-refractivity contribution >= 4 is 17.4 Å². The second kappa shape index (κ2) is 5.25. The van der Waals surface area contributed by atoms with E-state index < -0.39 is 0 Å². The van der Waals surface area contributed by atoms with Crippen LogP contribution in [0, 0.1) is 6.92 Å². The van der Waals surface area contributed by atoms with Gasteiger partial charge in [-0.2, -0.15) is 4.98 Å². The Kier molecular flexibility index (Phi) is 3.85. The van der Waals surface area contributed by atoms with Crippen LogP contribution in [-0.2, 0) is 5.75 Å². The molecule has 0 aliphatic rings. The van der Waals surface area contributed by atoms with Gasteiger partial charge in [0, 0.05) is 16.0 Å². The third-order valence-corrected chi connectivity index (χ3v) is 3.85. The molecule has 0 unspecified atom stereocenters. The zero-order chi connectivity index (χ0) is 14.0. The smallest absolute Gasteiger partial charge is 0.258 e. The van der Waals surface area contributed by atoms with Crippen LogP contribution in [0.25, 0.3) is 11.5 Å². The van der Waals surface area contributed by atoms with E-state index in [-0.39, 0.29) is 4.75 Å². The number of benzene rings is 1. The van der Waals surface area contributed by atoms with Crippen LogP contribution in [0.2, 0.25) is 0 Å². The van der Waals surface area contributed by atoms with E-state index in [1.165, 1.54) is 0 Å². The van der Waals surface area contributed by atoms with E-state index in [4.69, 9.17) is 10.3 Å². The average Bonchev–Trinajstić information content (AvgIpc) is 2.74. The van der Waals surface area contributed by atoms with Gasteiger partial charge in [-0.25, -0.2) is 0 Å². The van der Waals surface area contributed by atoms with E-state index in [2.05, 4.69) is 30.9 Å². The predicted octanol–water partition coefficient (Wildman–Crippen LogP) is 3.66. The molecule has 4 nitrogen and oxygen atoms in total. The first-order valence-electron chi connectivity index (χ1n) is 6.18. The molecule has 5 heteroatoms. The van der Waals surface area contributed by atoms with Gasteiger partial charge < -0.3 is 10.3 Å². The number of nitrogens with zero attached hydrogens (tertiary/aromatic N) is 2. The van der Waals surface area contributed by atoms with Gasteiger partial charge in [0.15, 0.2) is 5.82 Å². The maximum Gasteiger partial charge on any atom is 0.258 e. The molecular weight excluding hydrogens is 258 g/mol. The quantitative estimate of drug-likeness (QED) is 0.867. The third-order valence-electron chi connectivity index (χ3n) is 2.58. The number of anilines is 1. The van der Waals surface area contributed by atoms with Gasteiger partial charge in [-0.15, -0.1) is 11.8 Å². The molecule has 2 rings (SSSR count). The Labute approximate surface area is 117 Å². The minimum Gasteiger partial charge on any atom is -0.399 e. The van der Waals surface area contributed by atoms with Crippen molar-refractivity contribution in [3.8, 4) is 11.5 Å². The molecule has 102 valence electrons. The molecule has 0 bridgehead atoms. The lowest BCUT2D eigenvalue weighted by atomic mass is 10.1. The Bertz CT molecular complexity index is 572. The predicted molar refractivity (Wildman–Crippen MR) is 79.9 cm³/mol. The molecule has 2 N–H and O–H groups in total. The van der Waals surface area contributed by atoms with E-state index in [0.717, 1.165) is 28.4 Å². The molecule has 1 aromatic carbocycles. The Hall–Kier alpha value is -1.49. The van der Waals surface area contributed by atoms with Gasteiger partial charge in [-0.05, 0) is 30.7 Å². The summed E-state index contributed by atoms with van der Waals surface area (Å²) in [6.45, 7) is 8.49. The van der Waals surface area contributed by atoms with E-state index in [0.29, 0.717) is 5.89 Å². The van der Waals surface area contributed by atoms with Gasteiger partial charge in [0.2, 0.25) is 0 Å². The van der Waals surface area contributed by atoms with Crippen molar-refractivity contribution in [1.29, 1.82) is 0 Å². The van der Waals surface area contributed by atoms with Gasteiger partial charge in [0.05, 0.1) is 5.75 Å². The summed E-state index contributed by atoms with van der Waals surface area (Å²) in [5.74, 6) is 2.04. The summed E-state index contributed by atoms with van der Waals surface area (Å²) in [6.07, 6.45) is 0. The molecule has 0 atom stereocenters. The molecule has 0 aliphatic carbocycles. The number of aromatic nitrogens is 2. The highest BCUT2D eigenvalue weighted by atomic mass is 32.2. The monoisotopic (exact) mass is 277 g/mol. The van der Waals surface area contributed by atoms with Crippen molar-refractivity contribution in [1.82, 2.24) is 10.1 Å². The van der Waals surface area contributed by atoms with Crippen molar-refractivity contribution in [2.75, 3.05) is 5.73 Å². The standard InChI is InChI=1S/C14H19N3OS/c1-9-7-10(15)5-6-11(9)13-16-12(17-18-13)8-19-14(2,3)4/h5-7H,8,15H2,1-4H3. The van der Waals surface area contributed by atoms with Crippen molar-refractivity contribution in [2.45, 2.75) is 38.2 Å². The van der Waals surface area contributed by atoms with Crippen LogP contribution >= 0.6 is 11.8 Å². The van der Waals surface area contributed by atoms with Gasteiger partial charge in [0.1, 0.15) is 0 Å². The summed E-state index contributed by atoms with van der Waals surface area (Å²) in [4.78, 5) is 4.43. The number of rotatable bonds is 3. The van der Waals surface area contributed by atoms with Crippen molar-refractivity contribution in [3.05, 3.63) is 29.6 Å². The van der Waals surface area contributed by atoms with Crippen LogP contribution in [0.1, 0.15) is 32.2 Å². The van der Waals surface area contributed by atoms with Crippen molar-refractivity contribution in [3.63, 3.8) is 0 Å². The molecule has 0 radical (unpaired) electrons. The molecular formula is C14H19N3OS. The maximum atomic E-state index is 5.74. The SMILES string of the molecule is Cc1cc(N)ccc1-c1nc(CSC(C)(C)C)no1. The summed E-state index contributed by atoms with van der Waals surface area (Å²) in [5.41, 5.74) is 8.46. The number of aryl methyl sites for hydroxylation is 1. The summed E-state index contributed by atoms with van der Waals surface area (Å²) in [6, 6.07) is 5.66. The average molecular weight is 277 g/mol. The minimum atomic E-state index is 0.192. The maximum absolute atomic E-state index is 5.74. The van der Waals surface area contributed by atoms with Crippen LogP contribution in [-0.4, -0.2) is 14.9 Å². The summed E-state index contributed by atoms with van der Waals surface area (Å²) >= 11 is 1.80. The van der Waals surface area contributed by atoms with Gasteiger partial charge in [0.25, 0.3) is 5.89 Å². The molecule has 0 amide bonds. The number of thioether (sulfide) groups is 1. The first kappa shape index (κ1) is 13.9. The largest absolute Gasteiger partial charge is 0.399 e. The highest BCUT2D eigenvalue weighted by molar-refractivity contribution is 7.99. The summed E-state index contributed by atoms with van der Waals surface area (Å²) in [7, 11) is 0. The molecule has 0 saturated heterocycles. The number of hydrogen-bond acceptors (Lipinski definition) is 5. The van der Waals surface area contributed by atoms with Gasteiger partial charge in [-0.3, -0.25) is 0 Å². The highest BCUT2D eigenvalue weighted by Gasteiger charge is 2.15. The topological polar surface area (TPSA) is 64.9 Å². The molecule has 1 heterocycles.